The molecule has 71 heavy (non-hydrogen) atoms. The van der Waals surface area contributed by atoms with E-state index in [1.54, 1.807) is 30.3 Å². The average molecular weight is 1000 g/mol. The highest BCUT2D eigenvalue weighted by Crippen LogP contribution is 2.11. The summed E-state index contributed by atoms with van der Waals surface area (Å²) in [6, 6.07) is -5.14. The fraction of sp³-hybridized carbons (Fsp3) is 0.500. The molecule has 0 spiro atoms. The summed E-state index contributed by atoms with van der Waals surface area (Å²) in [6.07, 6.45) is -1.40. The molecule has 0 fully saturated rings. The average Bonchev–Trinajstić information content (AvgIpc) is 3.81. The Morgan fingerprint density at radius 3 is 1.63 bits per heavy atom. The highest BCUT2D eigenvalue weighted by Gasteiger charge is 2.36. The van der Waals surface area contributed by atoms with Crippen molar-refractivity contribution in [1.29, 1.82) is 0 Å². The van der Waals surface area contributed by atoms with Gasteiger partial charge in [0.15, 0.2) is 5.96 Å². The third kappa shape index (κ3) is 21.7. The van der Waals surface area contributed by atoms with Gasteiger partial charge in [0, 0.05) is 37.7 Å². The van der Waals surface area contributed by atoms with Crippen molar-refractivity contribution in [2.24, 2.45) is 28.1 Å². The molecule has 1 heterocycles. The molecule has 0 bridgehead atoms. The zero-order valence-corrected chi connectivity index (χ0v) is 38.7. The Kier molecular flexibility index (Phi) is 24.6. The molecule has 1 aromatic heterocycles. The van der Waals surface area contributed by atoms with Crippen LogP contribution in [-0.4, -0.2) is 168 Å². The standard InChI is InChI=1S/C42H61N13O16/c1-20(2)33(55-34(63)23(43)15-31(59)60)40(69)50-25(10-11-30(57)58)36(65)51-26(13-21-7-4-3-5-8-21)37(66)49-24(9-6-12-47-42(44)45)35(64)52-27(14-22-17-46-19-48-22)38(67)53-28(16-32(61)62)39(68)54-29(18-56)41(70)71/h3-5,7-8,17,19-20,23-29,33,56H,6,9-16,18,43H2,1-2H3,(H,46,48)(H,49,66)(H,50,69)(H,51,65)(H,52,64)(H,53,67)(H,54,68)(H,55,63)(H,57,58)(H,59,60)(H,61,62)(H,70,71)(H4,44,45,47)/t23-,24-,25-,26-,27-,28-,29-,33-/m0/s1. The highest BCUT2D eigenvalue weighted by atomic mass is 16.4. The number of aromatic amines is 1. The van der Waals surface area contributed by atoms with Gasteiger partial charge in [0.05, 0.1) is 31.8 Å². The first-order valence-corrected chi connectivity index (χ1v) is 21.9. The lowest BCUT2D eigenvalue weighted by molar-refractivity contribution is -0.144. The van der Waals surface area contributed by atoms with Gasteiger partial charge in [-0.3, -0.25) is 52.9 Å². The van der Waals surface area contributed by atoms with Gasteiger partial charge in [-0.05, 0) is 30.7 Å². The fourth-order valence-electron chi connectivity index (χ4n) is 6.46. The molecular weight excluding hydrogens is 943 g/mol. The first kappa shape index (κ1) is 58.9. The Hall–Kier alpha value is -8.21. The van der Waals surface area contributed by atoms with Gasteiger partial charge in [0.2, 0.25) is 41.4 Å². The van der Waals surface area contributed by atoms with Crippen molar-refractivity contribution in [3.8, 4) is 0 Å². The third-order valence-corrected chi connectivity index (χ3v) is 10.2. The molecule has 29 heteroatoms. The minimum atomic E-state index is -1.94. The molecule has 8 atom stereocenters. The number of aromatic nitrogens is 2. The van der Waals surface area contributed by atoms with E-state index in [0.717, 1.165) is 0 Å². The lowest BCUT2D eigenvalue weighted by Gasteiger charge is -2.28. The Bertz CT molecular complexity index is 2210. The zero-order valence-electron chi connectivity index (χ0n) is 38.7. The number of carbonyl (C=O) groups excluding carboxylic acids is 7. The molecule has 0 saturated carbocycles. The Labute approximate surface area is 404 Å². The van der Waals surface area contributed by atoms with Gasteiger partial charge >= 0.3 is 23.9 Å². The summed E-state index contributed by atoms with van der Waals surface area (Å²) in [7, 11) is 0. The number of benzene rings is 1. The number of aliphatic hydroxyl groups excluding tert-OH is 1. The molecule has 0 unspecified atom stereocenters. The predicted octanol–water partition coefficient (Wildman–Crippen LogP) is -5.48. The highest BCUT2D eigenvalue weighted by molar-refractivity contribution is 5.98. The number of carbonyl (C=O) groups is 11. The van der Waals surface area contributed by atoms with Crippen LogP contribution >= 0.6 is 0 Å². The monoisotopic (exact) mass is 1000 g/mol. The number of hydrogen-bond donors (Lipinski definition) is 16. The summed E-state index contributed by atoms with van der Waals surface area (Å²) >= 11 is 0. The fourth-order valence-corrected chi connectivity index (χ4v) is 6.46. The number of nitrogens with two attached hydrogens (primary N) is 3. The molecule has 2 aromatic rings. The molecule has 390 valence electrons. The maximum atomic E-state index is 14.4. The number of nitrogens with one attached hydrogen (secondary N) is 8. The lowest BCUT2D eigenvalue weighted by atomic mass is 10.0. The van der Waals surface area contributed by atoms with E-state index in [1.807, 2.05) is 5.32 Å². The van der Waals surface area contributed by atoms with Crippen molar-refractivity contribution in [3.05, 3.63) is 54.1 Å². The predicted molar refractivity (Wildman–Crippen MR) is 245 cm³/mol. The number of nitrogens with zero attached hydrogens (tertiary/aromatic N) is 2. The topological polar surface area (TPSA) is 492 Å². The van der Waals surface area contributed by atoms with Crippen molar-refractivity contribution < 1.29 is 78.3 Å². The van der Waals surface area contributed by atoms with Gasteiger partial charge in [-0.2, -0.15) is 0 Å². The first-order valence-electron chi connectivity index (χ1n) is 21.9. The van der Waals surface area contributed by atoms with Crippen LogP contribution < -0.4 is 54.4 Å². The number of amides is 7. The number of H-pyrrole nitrogens is 1. The van der Waals surface area contributed by atoms with E-state index >= 15 is 0 Å². The summed E-state index contributed by atoms with van der Waals surface area (Å²) in [6.45, 7) is 1.87. The van der Waals surface area contributed by atoms with E-state index in [1.165, 1.54) is 26.4 Å². The normalized spacial score (nSPS) is 14.3. The maximum Gasteiger partial charge on any atom is 0.328 e. The van der Waals surface area contributed by atoms with E-state index in [-0.39, 0.29) is 43.9 Å². The lowest BCUT2D eigenvalue weighted by Crippen LogP contribution is -2.61. The second-order valence-electron chi connectivity index (χ2n) is 16.3. The molecule has 0 aliphatic rings. The molecule has 2 rings (SSSR count). The second-order valence-corrected chi connectivity index (χ2v) is 16.3. The summed E-state index contributed by atoms with van der Waals surface area (Å²) in [5, 5.41) is 63.0. The van der Waals surface area contributed by atoms with Crippen molar-refractivity contribution in [2.45, 2.75) is 114 Å². The van der Waals surface area contributed by atoms with Crippen LogP contribution in [0.3, 0.4) is 0 Å². The van der Waals surface area contributed by atoms with Crippen LogP contribution in [-0.2, 0) is 65.6 Å². The molecule has 7 amide bonds. The number of rotatable bonds is 32. The SMILES string of the molecule is CC(C)[C@H](NC(=O)[C@@H](N)CC(=O)O)C(=O)N[C@@H](CCC(=O)O)C(=O)N[C@@H](Cc1ccccc1)C(=O)N[C@@H](CCCN=C(N)N)C(=O)N[C@@H](Cc1cnc[nH]1)C(=O)N[C@@H](CC(=O)O)C(=O)N[C@@H](CO)C(=O)O. The number of aliphatic hydroxyl groups is 1. The Morgan fingerprint density at radius 1 is 0.620 bits per heavy atom. The molecule has 0 aliphatic carbocycles. The van der Waals surface area contributed by atoms with E-state index < -0.39 is 152 Å². The molecule has 29 nitrogen and oxygen atoms in total. The molecule has 0 saturated heterocycles. The van der Waals surface area contributed by atoms with E-state index in [2.05, 4.69) is 46.9 Å². The number of imidazole rings is 1. The number of aliphatic imine (C=N–C) groups is 1. The molecule has 0 radical (unpaired) electrons. The number of hydrogen-bond acceptors (Lipinski definition) is 15. The van der Waals surface area contributed by atoms with Crippen LogP contribution in [0.25, 0.3) is 0 Å². The molecule has 0 aliphatic heterocycles. The minimum Gasteiger partial charge on any atom is -0.481 e. The number of carboxylic acid groups (broad SMARTS) is 4. The van der Waals surface area contributed by atoms with Crippen LogP contribution in [0.1, 0.15) is 63.6 Å². The number of aliphatic carboxylic acids is 4. The van der Waals surface area contributed by atoms with Crippen molar-refractivity contribution in [3.63, 3.8) is 0 Å². The molecule has 19 N–H and O–H groups in total. The number of carboxylic acids is 4. The minimum absolute atomic E-state index is 0.0118. The number of guanidine groups is 1. The van der Waals surface area contributed by atoms with E-state index in [4.69, 9.17) is 22.3 Å². The van der Waals surface area contributed by atoms with Crippen LogP contribution in [0.15, 0.2) is 47.8 Å². The van der Waals surface area contributed by atoms with Gasteiger partial charge in [-0.1, -0.05) is 44.2 Å². The van der Waals surface area contributed by atoms with E-state index in [0.29, 0.717) is 5.56 Å². The smallest absolute Gasteiger partial charge is 0.328 e. The van der Waals surface area contributed by atoms with Crippen molar-refractivity contribution in [1.82, 2.24) is 47.2 Å². The van der Waals surface area contributed by atoms with Gasteiger partial charge < -0.3 is 84.9 Å². The summed E-state index contributed by atoms with van der Waals surface area (Å²) in [5.74, 6) is -14.6. The molecular formula is C42H61N13O16. The maximum absolute atomic E-state index is 14.4. The zero-order chi connectivity index (χ0) is 53.4. The van der Waals surface area contributed by atoms with Crippen molar-refractivity contribution in [2.75, 3.05) is 13.2 Å². The van der Waals surface area contributed by atoms with Gasteiger partial charge in [-0.25, -0.2) is 9.78 Å². The van der Waals surface area contributed by atoms with Gasteiger partial charge in [-0.15, -0.1) is 0 Å². The quantitative estimate of drug-likeness (QED) is 0.0185. The Balaban J connectivity index is 2.55. The van der Waals surface area contributed by atoms with Crippen LogP contribution in [0, 0.1) is 5.92 Å². The van der Waals surface area contributed by atoms with Crippen LogP contribution in [0.5, 0.6) is 0 Å². The van der Waals surface area contributed by atoms with Crippen LogP contribution in [0.2, 0.25) is 0 Å². The third-order valence-electron chi connectivity index (χ3n) is 10.2. The van der Waals surface area contributed by atoms with Crippen LogP contribution in [0.4, 0.5) is 0 Å². The summed E-state index contributed by atoms with van der Waals surface area (Å²) < 4.78 is 0. The Morgan fingerprint density at radius 2 is 1.13 bits per heavy atom. The molecule has 1 aromatic carbocycles. The summed E-state index contributed by atoms with van der Waals surface area (Å²) in [4.78, 5) is 152. The van der Waals surface area contributed by atoms with Gasteiger partial charge in [0.1, 0.15) is 42.3 Å². The van der Waals surface area contributed by atoms with E-state index in [9.17, 15) is 73.2 Å². The largest absolute Gasteiger partial charge is 0.481 e. The first-order chi connectivity index (χ1) is 33.4. The van der Waals surface area contributed by atoms with Gasteiger partial charge in [0.25, 0.3) is 0 Å². The summed E-state index contributed by atoms with van der Waals surface area (Å²) in [5.41, 5.74) is 17.3. The second kappa shape index (κ2) is 29.6. The van der Waals surface area contributed by atoms with Crippen molar-refractivity contribution >= 4 is 71.2 Å².